The number of aryl methyl sites for hydroxylation is 2. The number of hydrogen-bond acceptors (Lipinski definition) is 5. The van der Waals surface area contributed by atoms with Gasteiger partial charge in [-0.05, 0) is 25.8 Å². The highest BCUT2D eigenvalue weighted by Gasteiger charge is 2.29. The summed E-state index contributed by atoms with van der Waals surface area (Å²) in [5, 5.41) is 14.1. The first-order valence-corrected chi connectivity index (χ1v) is 7.86. The van der Waals surface area contributed by atoms with Gasteiger partial charge in [-0.1, -0.05) is 0 Å². The Morgan fingerprint density at radius 1 is 1.48 bits per heavy atom. The molecule has 1 saturated carbocycles. The van der Waals surface area contributed by atoms with Gasteiger partial charge in [0.25, 0.3) is 0 Å². The normalized spacial score (nSPS) is 14.3. The molecule has 0 radical (unpaired) electrons. The molecule has 110 valence electrons. The number of carboxylic acids is 1. The van der Waals surface area contributed by atoms with Gasteiger partial charge in [-0.15, -0.1) is 11.8 Å². The molecule has 1 aliphatic carbocycles. The van der Waals surface area contributed by atoms with Crippen LogP contribution in [0.15, 0.2) is 23.5 Å². The molecular weight excluding hydrogens is 288 g/mol. The van der Waals surface area contributed by atoms with Crippen molar-refractivity contribution in [1.82, 2.24) is 19.7 Å². The van der Waals surface area contributed by atoms with Crippen molar-refractivity contribution in [2.24, 2.45) is 0 Å². The van der Waals surface area contributed by atoms with E-state index in [0.717, 1.165) is 31.0 Å². The first-order valence-electron chi connectivity index (χ1n) is 6.87. The summed E-state index contributed by atoms with van der Waals surface area (Å²) in [5.41, 5.74) is 0.783. The van der Waals surface area contributed by atoms with Gasteiger partial charge in [-0.2, -0.15) is 5.10 Å². The lowest BCUT2D eigenvalue weighted by Crippen LogP contribution is -2.10. The summed E-state index contributed by atoms with van der Waals surface area (Å²) in [6, 6.07) is 1.87. The molecule has 0 atom stereocenters. The fraction of sp³-hybridized carbons (Fsp3) is 0.429. The maximum Gasteiger partial charge on any atom is 0.340 e. The number of rotatable bonds is 6. The monoisotopic (exact) mass is 304 g/mol. The van der Waals surface area contributed by atoms with Gasteiger partial charge in [0, 0.05) is 24.1 Å². The fourth-order valence-corrected chi connectivity index (χ4v) is 3.12. The molecule has 2 heterocycles. The molecule has 1 fully saturated rings. The largest absolute Gasteiger partial charge is 0.478 e. The molecule has 6 nitrogen and oxygen atoms in total. The van der Waals surface area contributed by atoms with Crippen LogP contribution in [0.5, 0.6) is 0 Å². The van der Waals surface area contributed by atoms with Gasteiger partial charge in [0.1, 0.15) is 16.4 Å². The summed E-state index contributed by atoms with van der Waals surface area (Å²) in [7, 11) is 0. The first-order chi connectivity index (χ1) is 10.1. The number of thioether (sulfide) groups is 1. The van der Waals surface area contributed by atoms with Crippen molar-refractivity contribution in [1.29, 1.82) is 0 Å². The van der Waals surface area contributed by atoms with Gasteiger partial charge >= 0.3 is 5.97 Å². The van der Waals surface area contributed by atoms with Gasteiger partial charge in [-0.25, -0.2) is 14.8 Å². The number of carboxylic acid groups (broad SMARTS) is 1. The van der Waals surface area contributed by atoms with E-state index >= 15 is 0 Å². The van der Waals surface area contributed by atoms with Crippen molar-refractivity contribution < 1.29 is 9.90 Å². The summed E-state index contributed by atoms with van der Waals surface area (Å²) >= 11 is 1.45. The van der Waals surface area contributed by atoms with E-state index in [2.05, 4.69) is 15.1 Å². The zero-order chi connectivity index (χ0) is 14.8. The molecule has 0 saturated heterocycles. The third-order valence-electron chi connectivity index (χ3n) is 3.35. The zero-order valence-corrected chi connectivity index (χ0v) is 12.5. The van der Waals surface area contributed by atoms with Crippen molar-refractivity contribution in [2.45, 2.75) is 37.3 Å². The van der Waals surface area contributed by atoms with Crippen LogP contribution in [0.2, 0.25) is 0 Å². The Morgan fingerprint density at radius 2 is 2.29 bits per heavy atom. The van der Waals surface area contributed by atoms with Gasteiger partial charge in [0.05, 0.1) is 12.2 Å². The third kappa shape index (κ3) is 3.24. The molecule has 7 heteroatoms. The van der Waals surface area contributed by atoms with E-state index in [1.807, 2.05) is 16.9 Å². The average Bonchev–Trinajstić information content (AvgIpc) is 3.16. The number of hydrogen-bond donors (Lipinski definition) is 1. The van der Waals surface area contributed by atoms with Crippen molar-refractivity contribution in [2.75, 3.05) is 5.75 Å². The molecule has 0 unspecified atom stereocenters. The molecule has 0 spiro atoms. The minimum absolute atomic E-state index is 0.227. The van der Waals surface area contributed by atoms with Crippen LogP contribution in [0, 0.1) is 6.92 Å². The second-order valence-corrected chi connectivity index (χ2v) is 6.13. The molecule has 3 rings (SSSR count). The molecule has 2 aromatic heterocycles. The van der Waals surface area contributed by atoms with Crippen molar-refractivity contribution in [3.05, 3.63) is 35.5 Å². The lowest BCUT2D eigenvalue weighted by Gasteiger charge is -2.10. The Hall–Kier alpha value is -1.89. The highest BCUT2D eigenvalue weighted by atomic mass is 32.2. The molecule has 2 aromatic rings. The van der Waals surface area contributed by atoms with Crippen molar-refractivity contribution >= 4 is 17.7 Å². The summed E-state index contributed by atoms with van der Waals surface area (Å²) in [6.45, 7) is 2.47. The Balaban J connectivity index is 1.79. The predicted octanol–water partition coefficient (Wildman–Crippen LogP) is 2.35. The van der Waals surface area contributed by atoms with E-state index in [4.69, 9.17) is 0 Å². The van der Waals surface area contributed by atoms with E-state index in [0.29, 0.717) is 16.6 Å². The van der Waals surface area contributed by atoms with E-state index in [9.17, 15) is 9.90 Å². The molecule has 21 heavy (non-hydrogen) atoms. The van der Waals surface area contributed by atoms with E-state index in [1.165, 1.54) is 11.8 Å². The maximum absolute atomic E-state index is 11.4. The van der Waals surface area contributed by atoms with Crippen LogP contribution in [0.1, 0.15) is 40.6 Å². The number of aromatic nitrogens is 4. The lowest BCUT2D eigenvalue weighted by atomic mass is 10.2. The predicted molar refractivity (Wildman–Crippen MR) is 78.7 cm³/mol. The van der Waals surface area contributed by atoms with Crippen LogP contribution in [-0.4, -0.2) is 36.6 Å². The van der Waals surface area contributed by atoms with Crippen LogP contribution in [-0.2, 0) is 6.54 Å². The van der Waals surface area contributed by atoms with Gasteiger partial charge in [-0.3, -0.25) is 4.68 Å². The van der Waals surface area contributed by atoms with E-state index in [-0.39, 0.29) is 5.56 Å². The molecule has 1 N–H and O–H groups in total. The number of nitrogens with zero attached hydrogens (tertiary/aromatic N) is 4. The second-order valence-electron chi connectivity index (χ2n) is 5.04. The Kier molecular flexibility index (Phi) is 3.92. The van der Waals surface area contributed by atoms with Crippen LogP contribution < -0.4 is 0 Å². The van der Waals surface area contributed by atoms with Gasteiger partial charge in [0.2, 0.25) is 0 Å². The second kappa shape index (κ2) is 5.85. The summed E-state index contributed by atoms with van der Waals surface area (Å²) in [5.74, 6) is 0.968. The minimum atomic E-state index is -0.962. The molecule has 1 aliphatic rings. The first kappa shape index (κ1) is 14.1. The number of carbonyl (C=O) groups is 1. The third-order valence-corrected chi connectivity index (χ3v) is 4.30. The summed E-state index contributed by atoms with van der Waals surface area (Å²) < 4.78 is 1.82. The Bertz CT molecular complexity index is 653. The minimum Gasteiger partial charge on any atom is -0.478 e. The molecule has 0 aliphatic heterocycles. The topological polar surface area (TPSA) is 80.9 Å². The molecule has 0 amide bonds. The SMILES string of the molecule is Cc1nc(C2CC2)nc(SCCn2cccn2)c1C(=O)O. The highest BCUT2D eigenvalue weighted by Crippen LogP contribution is 2.39. The standard InChI is InChI=1S/C14H16N4O2S/c1-9-11(14(19)20)13(17-12(16-9)10-3-4-10)21-8-7-18-6-2-5-15-18/h2,5-6,10H,3-4,7-8H2,1H3,(H,19,20). The highest BCUT2D eigenvalue weighted by molar-refractivity contribution is 7.99. The molecule has 0 bridgehead atoms. The summed E-state index contributed by atoms with van der Waals surface area (Å²) in [4.78, 5) is 20.2. The smallest absolute Gasteiger partial charge is 0.340 e. The average molecular weight is 304 g/mol. The van der Waals surface area contributed by atoms with Crippen LogP contribution in [0.4, 0.5) is 0 Å². The Morgan fingerprint density at radius 3 is 2.90 bits per heavy atom. The zero-order valence-electron chi connectivity index (χ0n) is 11.7. The quantitative estimate of drug-likeness (QED) is 0.651. The lowest BCUT2D eigenvalue weighted by molar-refractivity contribution is 0.0690. The molecule has 0 aromatic carbocycles. The van der Waals surface area contributed by atoms with Gasteiger partial charge < -0.3 is 5.11 Å². The van der Waals surface area contributed by atoms with Gasteiger partial charge in [0.15, 0.2) is 0 Å². The van der Waals surface area contributed by atoms with Crippen LogP contribution in [0.3, 0.4) is 0 Å². The van der Waals surface area contributed by atoms with E-state index < -0.39 is 5.97 Å². The number of aromatic carboxylic acids is 1. The van der Waals surface area contributed by atoms with Crippen molar-refractivity contribution in [3.63, 3.8) is 0 Å². The van der Waals surface area contributed by atoms with Crippen LogP contribution in [0.25, 0.3) is 0 Å². The maximum atomic E-state index is 11.4. The van der Waals surface area contributed by atoms with E-state index in [1.54, 1.807) is 13.1 Å². The molecular formula is C14H16N4O2S. The van der Waals surface area contributed by atoms with Crippen molar-refractivity contribution in [3.8, 4) is 0 Å². The summed E-state index contributed by atoms with van der Waals surface area (Å²) in [6.07, 6.45) is 5.82. The van der Waals surface area contributed by atoms with Crippen LogP contribution >= 0.6 is 11.8 Å². The Labute approximate surface area is 126 Å². The fourth-order valence-electron chi connectivity index (χ4n) is 2.11.